The Hall–Kier alpha value is -4.12. The fourth-order valence-corrected chi connectivity index (χ4v) is 4.93. The largest absolute Gasteiger partial charge is 0.493 e. The number of carbonyl (C=O) groups is 3. The van der Waals surface area contributed by atoms with Gasteiger partial charge in [0.25, 0.3) is 0 Å². The highest BCUT2D eigenvalue weighted by molar-refractivity contribution is 6.03. The number of benzene rings is 2. The number of hydrogen-bond donors (Lipinski definition) is 0. The van der Waals surface area contributed by atoms with E-state index in [-0.39, 0.29) is 55.1 Å². The van der Waals surface area contributed by atoms with Crippen LogP contribution >= 0.6 is 0 Å². The summed E-state index contributed by atoms with van der Waals surface area (Å²) in [7, 11) is 3.13. The van der Waals surface area contributed by atoms with Crippen LogP contribution in [0.1, 0.15) is 89.7 Å². The van der Waals surface area contributed by atoms with Crippen molar-refractivity contribution in [2.75, 3.05) is 27.4 Å². The molecule has 0 saturated heterocycles. The Kier molecular flexibility index (Phi) is 17.1. The molecule has 244 valence electrons. The highest BCUT2D eigenvalue weighted by Crippen LogP contribution is 2.28. The molecule has 0 spiro atoms. The van der Waals surface area contributed by atoms with Crippen molar-refractivity contribution in [2.45, 2.75) is 85.0 Å². The van der Waals surface area contributed by atoms with E-state index in [1.807, 2.05) is 12.1 Å². The first-order valence-corrected chi connectivity index (χ1v) is 16.0. The average molecular weight is 620 g/mol. The summed E-state index contributed by atoms with van der Waals surface area (Å²) in [6.07, 6.45) is 8.54. The fourth-order valence-electron chi connectivity index (χ4n) is 4.93. The minimum Gasteiger partial charge on any atom is -0.493 e. The lowest BCUT2D eigenvalue weighted by Gasteiger charge is -2.17. The van der Waals surface area contributed by atoms with Gasteiger partial charge in [0, 0.05) is 31.6 Å². The third kappa shape index (κ3) is 13.6. The van der Waals surface area contributed by atoms with Gasteiger partial charge in [0.2, 0.25) is 0 Å². The SMILES string of the molecule is CCCCC(CC)CCC(=O)/C(C#N)=C/c1ccc(OCC(COC(=O)CCc2ccc(OC)c(OC)c2)CC(=O)CC)cc1. The van der Waals surface area contributed by atoms with Gasteiger partial charge in [-0.25, -0.2) is 0 Å². The van der Waals surface area contributed by atoms with Gasteiger partial charge >= 0.3 is 5.97 Å². The van der Waals surface area contributed by atoms with Crippen LogP contribution in [0.5, 0.6) is 17.2 Å². The van der Waals surface area contributed by atoms with Gasteiger partial charge in [-0.1, -0.05) is 64.7 Å². The number of carbonyl (C=O) groups excluding carboxylic acids is 3. The van der Waals surface area contributed by atoms with Gasteiger partial charge in [-0.3, -0.25) is 14.4 Å². The Morgan fingerprint density at radius 2 is 1.62 bits per heavy atom. The number of esters is 1. The molecule has 0 amide bonds. The molecule has 0 aliphatic rings. The lowest BCUT2D eigenvalue weighted by molar-refractivity contribution is -0.146. The molecule has 0 bridgehead atoms. The first-order chi connectivity index (χ1) is 21.8. The summed E-state index contributed by atoms with van der Waals surface area (Å²) in [5.74, 6) is 1.58. The van der Waals surface area contributed by atoms with Crippen LogP contribution in [0.4, 0.5) is 0 Å². The van der Waals surface area contributed by atoms with Crippen molar-refractivity contribution in [1.82, 2.24) is 0 Å². The van der Waals surface area contributed by atoms with Crippen LogP contribution in [0.3, 0.4) is 0 Å². The van der Waals surface area contributed by atoms with Crippen molar-refractivity contribution in [3.8, 4) is 23.3 Å². The molecule has 0 heterocycles. The highest BCUT2D eigenvalue weighted by atomic mass is 16.5. The van der Waals surface area contributed by atoms with E-state index < -0.39 is 0 Å². The van der Waals surface area contributed by atoms with Gasteiger partial charge in [0.05, 0.1) is 33.0 Å². The van der Waals surface area contributed by atoms with Crippen LogP contribution in [-0.4, -0.2) is 45.0 Å². The van der Waals surface area contributed by atoms with Gasteiger partial charge in [-0.05, 0) is 60.2 Å². The molecule has 2 aromatic rings. The molecule has 8 nitrogen and oxygen atoms in total. The lowest BCUT2D eigenvalue weighted by atomic mass is 9.92. The van der Waals surface area contributed by atoms with E-state index in [9.17, 15) is 19.6 Å². The molecule has 0 fully saturated rings. The summed E-state index contributed by atoms with van der Waals surface area (Å²) >= 11 is 0. The number of nitrogens with zero attached hydrogens (tertiary/aromatic N) is 1. The molecule has 2 atom stereocenters. The molecule has 2 aromatic carbocycles. The number of Topliss-reactive ketones (excluding diaryl/α,β-unsaturated/α-hetero) is 2. The topological polar surface area (TPSA) is 112 Å². The second kappa shape index (κ2) is 20.8. The smallest absolute Gasteiger partial charge is 0.306 e. The average Bonchev–Trinajstić information content (AvgIpc) is 3.07. The first-order valence-electron chi connectivity index (χ1n) is 16.0. The van der Waals surface area contributed by atoms with E-state index in [1.54, 1.807) is 57.6 Å². The Labute approximate surface area is 268 Å². The Morgan fingerprint density at radius 3 is 2.24 bits per heavy atom. The number of hydrogen-bond acceptors (Lipinski definition) is 8. The molecule has 0 aliphatic heterocycles. The number of rotatable bonds is 22. The third-order valence-corrected chi connectivity index (χ3v) is 7.88. The maximum absolute atomic E-state index is 12.7. The molecule has 0 aliphatic carbocycles. The Morgan fingerprint density at radius 1 is 0.889 bits per heavy atom. The molecule has 8 heteroatoms. The lowest BCUT2D eigenvalue weighted by Crippen LogP contribution is -2.23. The molecular formula is C37H49NO7. The first kappa shape index (κ1) is 37.1. The molecule has 0 saturated carbocycles. The molecular weight excluding hydrogens is 570 g/mol. The van der Waals surface area contributed by atoms with E-state index in [4.69, 9.17) is 18.9 Å². The summed E-state index contributed by atoms with van der Waals surface area (Å²) in [5.41, 5.74) is 1.80. The second-order valence-corrected chi connectivity index (χ2v) is 11.3. The van der Waals surface area contributed by atoms with E-state index in [2.05, 4.69) is 19.9 Å². The normalized spacial score (nSPS) is 12.5. The number of methoxy groups -OCH3 is 2. The quantitative estimate of drug-likeness (QED) is 0.0748. The van der Waals surface area contributed by atoms with Gasteiger partial charge in [-0.15, -0.1) is 0 Å². The monoisotopic (exact) mass is 619 g/mol. The van der Waals surface area contributed by atoms with Crippen molar-refractivity contribution in [3.05, 3.63) is 59.2 Å². The summed E-state index contributed by atoms with van der Waals surface area (Å²) in [5, 5.41) is 9.60. The highest BCUT2D eigenvalue weighted by Gasteiger charge is 2.18. The summed E-state index contributed by atoms with van der Waals surface area (Å²) in [6.45, 7) is 6.38. The number of aryl methyl sites for hydroxylation is 1. The molecule has 45 heavy (non-hydrogen) atoms. The van der Waals surface area contributed by atoms with Gasteiger partial charge in [-0.2, -0.15) is 5.26 Å². The van der Waals surface area contributed by atoms with E-state index >= 15 is 0 Å². The second-order valence-electron chi connectivity index (χ2n) is 11.3. The van der Waals surface area contributed by atoms with Crippen molar-refractivity contribution in [1.29, 1.82) is 5.26 Å². The Bertz CT molecular complexity index is 1290. The summed E-state index contributed by atoms with van der Waals surface area (Å²) in [6, 6.07) is 14.7. The zero-order valence-corrected chi connectivity index (χ0v) is 27.6. The number of nitriles is 1. The predicted octanol–water partition coefficient (Wildman–Crippen LogP) is 7.72. The molecule has 0 N–H and O–H groups in total. The Balaban J connectivity index is 1.92. The van der Waals surface area contributed by atoms with Crippen molar-refractivity contribution < 1.29 is 33.3 Å². The number of ether oxygens (including phenoxy) is 4. The van der Waals surface area contributed by atoms with Crippen LogP contribution in [0, 0.1) is 23.2 Å². The number of unbranched alkanes of at least 4 members (excludes halogenated alkanes) is 1. The minimum atomic E-state index is -0.358. The number of allylic oxidation sites excluding steroid dienone is 1. The molecule has 0 aromatic heterocycles. The fraction of sp³-hybridized carbons (Fsp3) is 0.514. The van der Waals surface area contributed by atoms with E-state index in [0.717, 1.165) is 43.2 Å². The zero-order chi connectivity index (χ0) is 33.0. The molecule has 0 radical (unpaired) electrons. The van der Waals surface area contributed by atoms with Crippen LogP contribution in [-0.2, 0) is 25.5 Å². The van der Waals surface area contributed by atoms with E-state index in [1.165, 1.54) is 0 Å². The van der Waals surface area contributed by atoms with Crippen LogP contribution in [0.2, 0.25) is 0 Å². The molecule has 2 unspecified atom stereocenters. The molecule has 2 rings (SSSR count). The van der Waals surface area contributed by atoms with Gasteiger partial charge in [0.15, 0.2) is 17.3 Å². The number of ketones is 2. The maximum Gasteiger partial charge on any atom is 0.306 e. The van der Waals surface area contributed by atoms with Crippen molar-refractivity contribution >= 4 is 23.6 Å². The summed E-state index contributed by atoms with van der Waals surface area (Å²) in [4.78, 5) is 37.4. The van der Waals surface area contributed by atoms with Crippen molar-refractivity contribution in [2.24, 2.45) is 11.8 Å². The summed E-state index contributed by atoms with van der Waals surface area (Å²) < 4.78 is 22.0. The van der Waals surface area contributed by atoms with Crippen LogP contribution in [0.25, 0.3) is 6.08 Å². The van der Waals surface area contributed by atoms with Crippen LogP contribution in [0.15, 0.2) is 48.0 Å². The third-order valence-electron chi connectivity index (χ3n) is 7.88. The maximum atomic E-state index is 12.7. The van der Waals surface area contributed by atoms with Gasteiger partial charge < -0.3 is 18.9 Å². The van der Waals surface area contributed by atoms with Gasteiger partial charge in [0.1, 0.15) is 17.6 Å². The zero-order valence-electron chi connectivity index (χ0n) is 27.6. The standard InChI is InChI=1S/C37H49NO7/c1-6-9-10-27(7-2)13-18-34(40)31(24-38)21-28-11-16-33(17-12-28)44-25-30(22-32(39)8-3)26-45-37(41)20-15-29-14-19-35(42-4)36(23-29)43-5/h11-12,14,16-17,19,21,23,27,30H,6-10,13,15,18,20,22,25-26H2,1-5H3/b31-21+. The van der Waals surface area contributed by atoms with E-state index in [0.29, 0.717) is 42.4 Å². The van der Waals surface area contributed by atoms with Crippen molar-refractivity contribution in [3.63, 3.8) is 0 Å². The minimum absolute atomic E-state index is 0.0646. The predicted molar refractivity (Wildman–Crippen MR) is 175 cm³/mol. The van der Waals surface area contributed by atoms with Crippen LogP contribution < -0.4 is 14.2 Å².